The van der Waals surface area contributed by atoms with Crippen LogP contribution in [-0.4, -0.2) is 0 Å². The lowest BCUT2D eigenvalue weighted by Crippen LogP contribution is -2.26. The summed E-state index contributed by atoms with van der Waals surface area (Å²) >= 11 is 0. The number of hydrogen-bond acceptors (Lipinski definition) is 0. The predicted octanol–water partition coefficient (Wildman–Crippen LogP) is 15.2. The molecule has 3 unspecified atom stereocenters. The molecule has 0 nitrogen and oxygen atoms in total. The van der Waals surface area contributed by atoms with Crippen molar-refractivity contribution in [2.45, 2.75) is 159 Å². The van der Waals surface area contributed by atoms with E-state index >= 15 is 0 Å². The van der Waals surface area contributed by atoms with Crippen LogP contribution in [0.3, 0.4) is 0 Å². The van der Waals surface area contributed by atoms with Crippen molar-refractivity contribution in [3.63, 3.8) is 0 Å². The van der Waals surface area contributed by atoms with E-state index in [1.54, 1.807) is 44.5 Å². The Labute approximate surface area is 333 Å². The normalized spacial score (nSPS) is 20.7. The van der Waals surface area contributed by atoms with Crippen LogP contribution >= 0.6 is 0 Å². The number of fused-ring (bicyclic) bond motifs is 4. The molecule has 0 N–H and O–H groups in total. The first-order valence-corrected chi connectivity index (χ1v) is 21.6. The predicted molar refractivity (Wildman–Crippen MR) is 237 cm³/mol. The van der Waals surface area contributed by atoms with Crippen LogP contribution < -0.4 is 0 Å². The summed E-state index contributed by atoms with van der Waals surface area (Å²) in [5.74, 6) is 3.22. The van der Waals surface area contributed by atoms with Gasteiger partial charge in [0.1, 0.15) is 0 Å². The zero-order chi connectivity index (χ0) is 39.3. The molecule has 0 radical (unpaired) electrons. The molecule has 4 aromatic rings. The van der Waals surface area contributed by atoms with Gasteiger partial charge in [-0.2, -0.15) is 0 Å². The van der Waals surface area contributed by atoms with Crippen molar-refractivity contribution in [2.75, 3.05) is 0 Å². The Balaban J connectivity index is 0.000000139. The topological polar surface area (TPSA) is 0 Å². The van der Waals surface area contributed by atoms with Crippen molar-refractivity contribution < 1.29 is 0 Å². The van der Waals surface area contributed by atoms with Crippen LogP contribution in [0.25, 0.3) is 0 Å². The summed E-state index contributed by atoms with van der Waals surface area (Å²) in [6, 6.07) is 35.7. The summed E-state index contributed by atoms with van der Waals surface area (Å²) in [4.78, 5) is 0. The molecule has 4 aliphatic rings. The molecular formula is C54H76. The molecular weight excluding hydrogens is 649 g/mol. The molecule has 0 amide bonds. The lowest BCUT2D eigenvalue weighted by atomic mass is 9.69. The van der Waals surface area contributed by atoms with Crippen molar-refractivity contribution in [3.8, 4) is 0 Å². The van der Waals surface area contributed by atoms with E-state index in [1.165, 1.54) is 64.2 Å². The summed E-state index contributed by atoms with van der Waals surface area (Å²) < 4.78 is 0. The van der Waals surface area contributed by atoms with E-state index in [1.807, 2.05) is 0 Å². The van der Waals surface area contributed by atoms with E-state index in [0.29, 0.717) is 21.7 Å². The molecule has 0 aliphatic heterocycles. The Morgan fingerprint density at radius 1 is 0.333 bits per heavy atom. The number of hydrogen-bond donors (Lipinski definition) is 0. The van der Waals surface area contributed by atoms with Gasteiger partial charge in [0.05, 0.1) is 0 Å². The van der Waals surface area contributed by atoms with Gasteiger partial charge in [0.25, 0.3) is 0 Å². The summed E-state index contributed by atoms with van der Waals surface area (Å²) in [5.41, 5.74) is 14.4. The van der Waals surface area contributed by atoms with Gasteiger partial charge in [-0.15, -0.1) is 0 Å². The standard InChI is InChI=1S/2C14H20.2C13H18/c1-14(2,3)13-10-6-8-11-7-4-5-9-12(11)13;1-14(2,3)13-9-8-11-6-4-5-7-12(11)10-13;1-13(2,3)12-8-10-6-4-5-7-11(10)9-12;1-13(2,3)12-9-8-10-6-4-5-7-11(10)12/h4-5,7,9,13H,6,8,10H2,1-3H3;4-7,13H,8-10H2,1-3H3;2*4-7,12H,8-9H2,1-3H3. The molecule has 0 heteroatoms. The molecule has 0 saturated heterocycles. The Morgan fingerprint density at radius 2 is 0.685 bits per heavy atom. The van der Waals surface area contributed by atoms with Crippen molar-refractivity contribution in [2.24, 2.45) is 33.5 Å². The molecule has 4 aliphatic carbocycles. The Hall–Kier alpha value is -3.12. The van der Waals surface area contributed by atoms with Gasteiger partial charge in [0, 0.05) is 0 Å². The Morgan fingerprint density at radius 3 is 1.15 bits per heavy atom. The van der Waals surface area contributed by atoms with E-state index in [4.69, 9.17) is 0 Å². The van der Waals surface area contributed by atoms with Gasteiger partial charge in [-0.3, -0.25) is 0 Å². The fourth-order valence-corrected chi connectivity index (χ4v) is 9.72. The van der Waals surface area contributed by atoms with Crippen LogP contribution in [0.1, 0.15) is 165 Å². The average molecular weight is 725 g/mol. The maximum atomic E-state index is 2.37. The molecule has 0 heterocycles. The summed E-state index contributed by atoms with van der Waals surface area (Å²) in [7, 11) is 0. The van der Waals surface area contributed by atoms with Gasteiger partial charge < -0.3 is 0 Å². The number of benzene rings is 4. The van der Waals surface area contributed by atoms with Crippen molar-refractivity contribution >= 4 is 0 Å². The van der Waals surface area contributed by atoms with Gasteiger partial charge in [0.15, 0.2) is 0 Å². The fraction of sp³-hybridized carbons (Fsp3) is 0.556. The minimum absolute atomic E-state index is 0.413. The highest BCUT2D eigenvalue weighted by atomic mass is 14.4. The van der Waals surface area contributed by atoms with E-state index in [-0.39, 0.29) is 0 Å². The fourth-order valence-electron chi connectivity index (χ4n) is 9.72. The first-order valence-electron chi connectivity index (χ1n) is 21.6. The molecule has 292 valence electrons. The molecule has 0 bridgehead atoms. The highest BCUT2D eigenvalue weighted by molar-refractivity contribution is 5.37. The second kappa shape index (κ2) is 17.3. The van der Waals surface area contributed by atoms with E-state index in [0.717, 1.165) is 23.7 Å². The minimum atomic E-state index is 0.413. The molecule has 0 fully saturated rings. The summed E-state index contributed by atoms with van der Waals surface area (Å²) in [6.45, 7) is 28.3. The van der Waals surface area contributed by atoms with Crippen LogP contribution in [0.15, 0.2) is 97.1 Å². The maximum absolute atomic E-state index is 2.37. The molecule has 54 heavy (non-hydrogen) atoms. The summed E-state index contributed by atoms with van der Waals surface area (Å²) in [6.07, 6.45) is 13.1. The highest BCUT2D eigenvalue weighted by Crippen LogP contribution is 2.45. The first-order chi connectivity index (χ1) is 25.3. The first kappa shape index (κ1) is 42.0. The van der Waals surface area contributed by atoms with E-state index in [2.05, 4.69) is 180 Å². The van der Waals surface area contributed by atoms with Crippen LogP contribution in [-0.2, 0) is 38.5 Å². The Bertz CT molecular complexity index is 1750. The SMILES string of the molecule is CC(C)(C)C1CCCc2ccccc21.CC(C)(C)C1CCc2ccccc21.CC(C)(C)C1CCc2ccccc2C1.CC(C)(C)C1Cc2ccccc2C1. The quantitative estimate of drug-likeness (QED) is 0.169. The third kappa shape index (κ3) is 11.0. The van der Waals surface area contributed by atoms with Crippen LogP contribution in [0.5, 0.6) is 0 Å². The maximum Gasteiger partial charge on any atom is -0.0107 e. The molecule has 3 atom stereocenters. The lowest BCUT2D eigenvalue weighted by Gasteiger charge is -2.35. The van der Waals surface area contributed by atoms with Gasteiger partial charge in [-0.05, 0) is 154 Å². The van der Waals surface area contributed by atoms with Crippen molar-refractivity contribution in [1.82, 2.24) is 0 Å². The van der Waals surface area contributed by atoms with Gasteiger partial charge >= 0.3 is 0 Å². The minimum Gasteiger partial charge on any atom is -0.0620 e. The molecule has 4 aromatic carbocycles. The number of aryl methyl sites for hydroxylation is 3. The zero-order valence-electron chi connectivity index (χ0n) is 36.6. The van der Waals surface area contributed by atoms with Crippen molar-refractivity contribution in [3.05, 3.63) is 142 Å². The molecule has 0 spiro atoms. The van der Waals surface area contributed by atoms with Gasteiger partial charge in [-0.25, -0.2) is 0 Å². The zero-order valence-corrected chi connectivity index (χ0v) is 36.6. The molecule has 0 aromatic heterocycles. The van der Waals surface area contributed by atoms with Gasteiger partial charge in [0.2, 0.25) is 0 Å². The van der Waals surface area contributed by atoms with Crippen LogP contribution in [0.4, 0.5) is 0 Å². The molecule has 8 rings (SSSR count). The summed E-state index contributed by atoms with van der Waals surface area (Å²) in [5, 5.41) is 0. The molecule has 0 saturated carbocycles. The monoisotopic (exact) mass is 725 g/mol. The van der Waals surface area contributed by atoms with E-state index in [9.17, 15) is 0 Å². The Kier molecular flexibility index (Phi) is 13.5. The second-order valence-electron chi connectivity index (χ2n) is 21.5. The second-order valence-corrected chi connectivity index (χ2v) is 21.5. The largest absolute Gasteiger partial charge is 0.0620 e. The lowest BCUT2D eigenvalue weighted by molar-refractivity contribution is 0.216. The smallest absolute Gasteiger partial charge is 0.0107 e. The average Bonchev–Trinajstić information content (AvgIpc) is 3.77. The van der Waals surface area contributed by atoms with E-state index < -0.39 is 0 Å². The number of rotatable bonds is 0. The van der Waals surface area contributed by atoms with Crippen LogP contribution in [0.2, 0.25) is 0 Å². The van der Waals surface area contributed by atoms with Gasteiger partial charge in [-0.1, -0.05) is 180 Å². The third-order valence-electron chi connectivity index (χ3n) is 13.4. The third-order valence-corrected chi connectivity index (χ3v) is 13.4. The van der Waals surface area contributed by atoms with Crippen LogP contribution in [0, 0.1) is 33.5 Å². The van der Waals surface area contributed by atoms with Crippen molar-refractivity contribution in [1.29, 1.82) is 0 Å². The highest BCUT2D eigenvalue weighted by Gasteiger charge is 2.33.